The quantitative estimate of drug-likeness (QED) is 0.338. The topological polar surface area (TPSA) is 78.0 Å². The lowest BCUT2D eigenvalue weighted by Crippen LogP contribution is -2.43. The van der Waals surface area contributed by atoms with E-state index >= 15 is 0 Å². The second-order valence-electron chi connectivity index (χ2n) is 6.77. The van der Waals surface area contributed by atoms with Crippen LogP contribution in [-0.2, 0) is 9.53 Å². The molecule has 1 amide bonds. The van der Waals surface area contributed by atoms with Gasteiger partial charge in [0.25, 0.3) is 0 Å². The summed E-state index contributed by atoms with van der Waals surface area (Å²) in [6, 6.07) is 0. The van der Waals surface area contributed by atoms with Gasteiger partial charge in [-0.2, -0.15) is 0 Å². The summed E-state index contributed by atoms with van der Waals surface area (Å²) in [5, 5.41) is 9.60. The Morgan fingerprint density at radius 3 is 2.52 bits per heavy atom. The first kappa shape index (κ1) is 20.0. The number of nitrogens with zero attached hydrogens (tertiary/aromatic N) is 2. The molecule has 2 fully saturated rings. The number of carbonyl (C=O) groups excluding carboxylic acids is 1. The molecular formula is C18H35N5O2. The number of rotatable bonds is 8. The Hall–Kier alpha value is -1.34. The van der Waals surface area contributed by atoms with E-state index in [-0.39, 0.29) is 11.8 Å². The van der Waals surface area contributed by atoms with Crippen molar-refractivity contribution in [2.75, 3.05) is 59.0 Å². The van der Waals surface area contributed by atoms with Crippen molar-refractivity contribution in [3.63, 3.8) is 0 Å². The van der Waals surface area contributed by atoms with Crippen LogP contribution in [0.1, 0.15) is 39.0 Å². The predicted octanol–water partition coefficient (Wildman–Crippen LogP) is 0.570. The standard InChI is InChI=1S/C18H35N5O2/c1-2-19-18(22-10-11-23-12-14-25-15-13-23)21-9-8-20-17(24)16-6-4-3-5-7-16/h16H,2-15H2,1H3,(H,20,24)(H2,19,21,22). The predicted molar refractivity (Wildman–Crippen MR) is 101 cm³/mol. The molecule has 25 heavy (non-hydrogen) atoms. The number of nitrogens with one attached hydrogen (secondary N) is 3. The van der Waals surface area contributed by atoms with Gasteiger partial charge in [-0.15, -0.1) is 0 Å². The van der Waals surface area contributed by atoms with Crippen molar-refractivity contribution < 1.29 is 9.53 Å². The number of hydrogen-bond acceptors (Lipinski definition) is 4. The lowest BCUT2D eigenvalue weighted by molar-refractivity contribution is -0.125. The summed E-state index contributed by atoms with van der Waals surface area (Å²) >= 11 is 0. The van der Waals surface area contributed by atoms with Crippen LogP contribution in [0.15, 0.2) is 4.99 Å². The molecule has 2 aliphatic rings. The molecule has 0 atom stereocenters. The number of guanidine groups is 1. The van der Waals surface area contributed by atoms with Gasteiger partial charge in [-0.05, 0) is 19.8 Å². The molecule has 1 aliphatic heterocycles. The Morgan fingerprint density at radius 2 is 1.80 bits per heavy atom. The van der Waals surface area contributed by atoms with Crippen molar-refractivity contribution in [3.05, 3.63) is 0 Å². The number of amides is 1. The molecule has 7 nitrogen and oxygen atoms in total. The van der Waals surface area contributed by atoms with Gasteiger partial charge in [0.1, 0.15) is 0 Å². The lowest BCUT2D eigenvalue weighted by atomic mass is 9.89. The van der Waals surface area contributed by atoms with E-state index in [1.165, 1.54) is 19.3 Å². The molecule has 0 radical (unpaired) electrons. The maximum Gasteiger partial charge on any atom is 0.223 e. The largest absolute Gasteiger partial charge is 0.379 e. The van der Waals surface area contributed by atoms with Crippen LogP contribution >= 0.6 is 0 Å². The molecule has 2 rings (SSSR count). The second kappa shape index (κ2) is 12.1. The van der Waals surface area contributed by atoms with Crippen LogP contribution in [0.4, 0.5) is 0 Å². The van der Waals surface area contributed by atoms with Gasteiger partial charge in [-0.1, -0.05) is 19.3 Å². The van der Waals surface area contributed by atoms with Gasteiger partial charge < -0.3 is 20.7 Å². The fraction of sp³-hybridized carbons (Fsp3) is 0.889. The van der Waals surface area contributed by atoms with Crippen LogP contribution in [0, 0.1) is 5.92 Å². The molecule has 1 heterocycles. The molecule has 7 heteroatoms. The zero-order valence-electron chi connectivity index (χ0n) is 15.7. The SMILES string of the molecule is CCNC(=NCCN1CCOCC1)NCCNC(=O)C1CCCCC1. The van der Waals surface area contributed by atoms with E-state index in [1.807, 2.05) is 0 Å². The Morgan fingerprint density at radius 1 is 1.08 bits per heavy atom. The lowest BCUT2D eigenvalue weighted by Gasteiger charge is -2.25. The Kier molecular flexibility index (Phi) is 9.66. The van der Waals surface area contributed by atoms with Crippen molar-refractivity contribution in [3.8, 4) is 0 Å². The van der Waals surface area contributed by atoms with Crippen molar-refractivity contribution >= 4 is 11.9 Å². The van der Waals surface area contributed by atoms with Crippen LogP contribution in [0.2, 0.25) is 0 Å². The summed E-state index contributed by atoms with van der Waals surface area (Å²) in [6.45, 7) is 9.58. The van der Waals surface area contributed by atoms with E-state index in [0.29, 0.717) is 13.1 Å². The number of aliphatic imine (C=N–C) groups is 1. The van der Waals surface area contributed by atoms with Gasteiger partial charge in [-0.3, -0.25) is 14.7 Å². The Labute approximate surface area is 152 Å². The van der Waals surface area contributed by atoms with Gasteiger partial charge in [0, 0.05) is 45.2 Å². The molecule has 0 bridgehead atoms. The molecular weight excluding hydrogens is 318 g/mol. The van der Waals surface area contributed by atoms with Gasteiger partial charge in [-0.25, -0.2) is 0 Å². The van der Waals surface area contributed by atoms with Crippen LogP contribution < -0.4 is 16.0 Å². The molecule has 1 saturated heterocycles. The number of carbonyl (C=O) groups is 1. The minimum atomic E-state index is 0.218. The average molecular weight is 354 g/mol. The smallest absolute Gasteiger partial charge is 0.223 e. The normalized spacial score (nSPS) is 20.3. The van der Waals surface area contributed by atoms with Gasteiger partial charge in [0.2, 0.25) is 5.91 Å². The Bertz CT molecular complexity index is 404. The zero-order chi connectivity index (χ0) is 17.7. The van der Waals surface area contributed by atoms with Crippen molar-refractivity contribution in [1.29, 1.82) is 0 Å². The first-order valence-corrected chi connectivity index (χ1v) is 9.89. The first-order chi connectivity index (χ1) is 12.3. The van der Waals surface area contributed by atoms with Crippen LogP contribution in [0.5, 0.6) is 0 Å². The molecule has 0 spiro atoms. The van der Waals surface area contributed by atoms with Gasteiger partial charge in [0.05, 0.1) is 19.8 Å². The third kappa shape index (κ3) is 8.05. The summed E-state index contributed by atoms with van der Waals surface area (Å²) in [5.41, 5.74) is 0. The molecule has 0 aromatic heterocycles. The van der Waals surface area contributed by atoms with Gasteiger partial charge >= 0.3 is 0 Å². The number of morpholine rings is 1. The molecule has 0 unspecified atom stereocenters. The maximum absolute atomic E-state index is 12.1. The summed E-state index contributed by atoms with van der Waals surface area (Å²) in [5.74, 6) is 1.27. The fourth-order valence-electron chi connectivity index (χ4n) is 3.35. The minimum Gasteiger partial charge on any atom is -0.379 e. The highest BCUT2D eigenvalue weighted by Crippen LogP contribution is 2.23. The second-order valence-corrected chi connectivity index (χ2v) is 6.77. The highest BCUT2D eigenvalue weighted by molar-refractivity contribution is 5.80. The summed E-state index contributed by atoms with van der Waals surface area (Å²) < 4.78 is 5.36. The highest BCUT2D eigenvalue weighted by Gasteiger charge is 2.20. The molecule has 0 aromatic carbocycles. The monoisotopic (exact) mass is 353 g/mol. The summed E-state index contributed by atoms with van der Waals surface area (Å²) in [4.78, 5) is 19.1. The van der Waals surface area contributed by atoms with E-state index in [4.69, 9.17) is 4.74 Å². The number of ether oxygens (including phenoxy) is 1. The summed E-state index contributed by atoms with van der Waals surface area (Å²) in [6.07, 6.45) is 5.75. The molecule has 3 N–H and O–H groups in total. The van der Waals surface area contributed by atoms with E-state index < -0.39 is 0 Å². The van der Waals surface area contributed by atoms with E-state index in [2.05, 4.69) is 32.8 Å². The van der Waals surface area contributed by atoms with Crippen molar-refractivity contribution in [2.45, 2.75) is 39.0 Å². The zero-order valence-corrected chi connectivity index (χ0v) is 15.7. The average Bonchev–Trinajstić information content (AvgIpc) is 2.66. The van der Waals surface area contributed by atoms with E-state index in [1.54, 1.807) is 0 Å². The van der Waals surface area contributed by atoms with Crippen molar-refractivity contribution in [1.82, 2.24) is 20.9 Å². The van der Waals surface area contributed by atoms with E-state index in [0.717, 1.165) is 64.7 Å². The molecule has 0 aromatic rings. The van der Waals surface area contributed by atoms with Crippen LogP contribution in [-0.4, -0.2) is 75.8 Å². The first-order valence-electron chi connectivity index (χ1n) is 9.89. The third-order valence-corrected chi connectivity index (χ3v) is 4.83. The van der Waals surface area contributed by atoms with Crippen LogP contribution in [0.3, 0.4) is 0 Å². The van der Waals surface area contributed by atoms with Crippen molar-refractivity contribution in [2.24, 2.45) is 10.9 Å². The molecule has 144 valence electrons. The highest BCUT2D eigenvalue weighted by atomic mass is 16.5. The van der Waals surface area contributed by atoms with Crippen LogP contribution in [0.25, 0.3) is 0 Å². The molecule has 1 saturated carbocycles. The molecule has 1 aliphatic carbocycles. The number of hydrogen-bond donors (Lipinski definition) is 3. The minimum absolute atomic E-state index is 0.218. The maximum atomic E-state index is 12.1. The van der Waals surface area contributed by atoms with E-state index in [9.17, 15) is 4.79 Å². The Balaban J connectivity index is 1.60. The summed E-state index contributed by atoms with van der Waals surface area (Å²) in [7, 11) is 0. The third-order valence-electron chi connectivity index (χ3n) is 4.83. The van der Waals surface area contributed by atoms with Gasteiger partial charge in [0.15, 0.2) is 5.96 Å². The fourth-order valence-corrected chi connectivity index (χ4v) is 3.35.